The minimum atomic E-state index is -0.497. The number of hydrogen-bond donors (Lipinski definition) is 2. The molecule has 3 rings (SSSR count). The molecule has 0 bridgehead atoms. The van der Waals surface area contributed by atoms with Crippen LogP contribution in [0.1, 0.15) is 10.4 Å². The monoisotopic (exact) mass is 336 g/mol. The van der Waals surface area contributed by atoms with Crippen molar-refractivity contribution in [1.82, 2.24) is 15.1 Å². The zero-order valence-electron chi connectivity index (χ0n) is 11.5. The number of carbonyl (C=O) groups is 2. The molecule has 1 aliphatic rings. The molecule has 2 heterocycles. The van der Waals surface area contributed by atoms with E-state index >= 15 is 0 Å². The van der Waals surface area contributed by atoms with Crippen molar-refractivity contribution < 1.29 is 9.59 Å². The van der Waals surface area contributed by atoms with Crippen molar-refractivity contribution in [3.05, 3.63) is 47.2 Å². The van der Waals surface area contributed by atoms with Gasteiger partial charge in [0, 0.05) is 22.5 Å². The number of anilines is 1. The predicted octanol–water partition coefficient (Wildman–Crippen LogP) is 2.22. The smallest absolute Gasteiger partial charge is 0.255 e. The molecule has 1 saturated heterocycles. The summed E-state index contributed by atoms with van der Waals surface area (Å²) in [4.78, 5) is 26.5. The number of H-pyrrole nitrogens is 1. The molecule has 1 fully saturated rings. The second kappa shape index (κ2) is 6.41. The van der Waals surface area contributed by atoms with Gasteiger partial charge < -0.3 is 10.2 Å². The van der Waals surface area contributed by atoms with E-state index in [9.17, 15) is 9.59 Å². The lowest BCUT2D eigenvalue weighted by Crippen LogP contribution is -2.44. The molecule has 8 heteroatoms. The molecule has 114 valence electrons. The fourth-order valence-electron chi connectivity index (χ4n) is 2.16. The molecule has 2 aromatic rings. The number of halogens is 1. The SMILES string of the molecule is O=C(Nc1cn[nH]c1)[C@@H]1CSCN1C(=O)c1ccc(Cl)cc1. The molecule has 0 spiro atoms. The topological polar surface area (TPSA) is 78.1 Å². The molecule has 6 nitrogen and oxygen atoms in total. The number of hydrogen-bond acceptors (Lipinski definition) is 4. The van der Waals surface area contributed by atoms with Gasteiger partial charge in [0.15, 0.2) is 0 Å². The van der Waals surface area contributed by atoms with Gasteiger partial charge in [-0.2, -0.15) is 5.10 Å². The van der Waals surface area contributed by atoms with Gasteiger partial charge in [-0.15, -0.1) is 11.8 Å². The summed E-state index contributed by atoms with van der Waals surface area (Å²) in [6.07, 6.45) is 3.11. The highest BCUT2D eigenvalue weighted by molar-refractivity contribution is 7.99. The maximum atomic E-state index is 12.5. The van der Waals surface area contributed by atoms with Crippen LogP contribution >= 0.6 is 23.4 Å². The zero-order valence-corrected chi connectivity index (χ0v) is 13.0. The first-order valence-corrected chi connectivity index (χ1v) is 8.12. The molecule has 1 aromatic heterocycles. The predicted molar refractivity (Wildman–Crippen MR) is 86.0 cm³/mol. The molecule has 1 aliphatic heterocycles. The summed E-state index contributed by atoms with van der Waals surface area (Å²) in [5.41, 5.74) is 1.11. The van der Waals surface area contributed by atoms with Crippen molar-refractivity contribution >= 4 is 40.9 Å². The first kappa shape index (κ1) is 14.9. The van der Waals surface area contributed by atoms with Gasteiger partial charge in [0.1, 0.15) is 6.04 Å². The second-order valence-electron chi connectivity index (χ2n) is 4.77. The molecule has 1 atom stereocenters. The average molecular weight is 337 g/mol. The maximum absolute atomic E-state index is 12.5. The van der Waals surface area contributed by atoms with Crippen molar-refractivity contribution in [2.45, 2.75) is 6.04 Å². The molecule has 1 aromatic carbocycles. The molecule has 0 saturated carbocycles. The lowest BCUT2D eigenvalue weighted by Gasteiger charge is -2.22. The van der Waals surface area contributed by atoms with E-state index in [1.165, 1.54) is 6.20 Å². The zero-order chi connectivity index (χ0) is 15.5. The molecule has 2 N–H and O–H groups in total. The van der Waals surface area contributed by atoms with Crippen LogP contribution in [0.4, 0.5) is 5.69 Å². The van der Waals surface area contributed by atoms with Crippen LogP contribution in [0.2, 0.25) is 5.02 Å². The van der Waals surface area contributed by atoms with Gasteiger partial charge in [-0.1, -0.05) is 11.6 Å². The van der Waals surface area contributed by atoms with Gasteiger partial charge >= 0.3 is 0 Å². The molecule has 22 heavy (non-hydrogen) atoms. The Hall–Kier alpha value is -1.99. The number of benzene rings is 1. The van der Waals surface area contributed by atoms with Crippen molar-refractivity contribution in [3.63, 3.8) is 0 Å². The quantitative estimate of drug-likeness (QED) is 0.901. The molecular formula is C14H13ClN4O2S. The second-order valence-corrected chi connectivity index (χ2v) is 6.21. The van der Waals surface area contributed by atoms with E-state index < -0.39 is 6.04 Å². The maximum Gasteiger partial charge on any atom is 0.255 e. The number of nitrogens with one attached hydrogen (secondary N) is 2. The lowest BCUT2D eigenvalue weighted by atomic mass is 10.1. The third kappa shape index (κ3) is 3.10. The van der Waals surface area contributed by atoms with Gasteiger partial charge in [-0.05, 0) is 24.3 Å². The number of rotatable bonds is 3. The molecule has 0 radical (unpaired) electrons. The van der Waals surface area contributed by atoms with Gasteiger partial charge in [-0.25, -0.2) is 0 Å². The standard InChI is InChI=1S/C14H13ClN4O2S/c15-10-3-1-9(2-4-10)14(21)19-8-22-7-12(19)13(20)18-11-5-16-17-6-11/h1-6,12H,7-8H2,(H,16,17)(H,18,20)/t12-/m0/s1. The largest absolute Gasteiger partial charge is 0.322 e. The summed E-state index contributed by atoms with van der Waals surface area (Å²) in [5, 5.41) is 9.72. The van der Waals surface area contributed by atoms with E-state index in [2.05, 4.69) is 15.5 Å². The summed E-state index contributed by atoms with van der Waals surface area (Å²) >= 11 is 7.38. The molecular weight excluding hydrogens is 324 g/mol. The summed E-state index contributed by atoms with van der Waals surface area (Å²) in [6, 6.07) is 6.16. The highest BCUT2D eigenvalue weighted by atomic mass is 35.5. The first-order valence-electron chi connectivity index (χ1n) is 6.59. The Morgan fingerprint density at radius 1 is 1.36 bits per heavy atom. The Bertz CT molecular complexity index is 675. The Kier molecular flexibility index (Phi) is 4.35. The minimum absolute atomic E-state index is 0.172. The summed E-state index contributed by atoms with van der Waals surface area (Å²) in [7, 11) is 0. The fourth-order valence-corrected chi connectivity index (χ4v) is 3.44. The Balaban J connectivity index is 1.73. The van der Waals surface area contributed by atoms with Crippen LogP contribution in [0, 0.1) is 0 Å². The van der Waals surface area contributed by atoms with Crippen LogP contribution in [0.5, 0.6) is 0 Å². The number of aromatic amines is 1. The van der Waals surface area contributed by atoms with Gasteiger partial charge in [0.25, 0.3) is 5.91 Å². The average Bonchev–Trinajstić information content (AvgIpc) is 3.18. The van der Waals surface area contributed by atoms with Crippen molar-refractivity contribution in [2.24, 2.45) is 0 Å². The van der Waals surface area contributed by atoms with E-state index in [-0.39, 0.29) is 11.8 Å². The van der Waals surface area contributed by atoms with Crippen LogP contribution in [-0.4, -0.2) is 44.6 Å². The molecule has 0 unspecified atom stereocenters. The minimum Gasteiger partial charge on any atom is -0.322 e. The summed E-state index contributed by atoms with van der Waals surface area (Å²) < 4.78 is 0. The van der Waals surface area contributed by atoms with Gasteiger partial charge in [0.2, 0.25) is 5.91 Å². The Labute approximate surface area is 136 Å². The summed E-state index contributed by atoms with van der Waals surface area (Å²) in [5.74, 6) is 0.677. The number of thioether (sulfide) groups is 1. The fraction of sp³-hybridized carbons (Fsp3) is 0.214. The number of nitrogens with zero attached hydrogens (tertiary/aromatic N) is 2. The van der Waals surface area contributed by atoms with E-state index in [1.807, 2.05) is 0 Å². The van der Waals surface area contributed by atoms with Crippen LogP contribution in [0.15, 0.2) is 36.7 Å². The van der Waals surface area contributed by atoms with E-state index in [0.717, 1.165) is 0 Å². The highest BCUT2D eigenvalue weighted by Gasteiger charge is 2.35. The van der Waals surface area contributed by atoms with E-state index in [1.54, 1.807) is 47.1 Å². The van der Waals surface area contributed by atoms with E-state index in [0.29, 0.717) is 27.9 Å². The number of amides is 2. The highest BCUT2D eigenvalue weighted by Crippen LogP contribution is 2.24. The van der Waals surface area contributed by atoms with Crippen LogP contribution in [0.3, 0.4) is 0 Å². The van der Waals surface area contributed by atoms with Gasteiger partial charge in [0.05, 0.1) is 17.8 Å². The van der Waals surface area contributed by atoms with Crippen molar-refractivity contribution in [2.75, 3.05) is 16.9 Å². The third-order valence-corrected chi connectivity index (χ3v) is 4.57. The molecule has 2 amide bonds. The third-order valence-electron chi connectivity index (χ3n) is 3.30. The van der Waals surface area contributed by atoms with Crippen LogP contribution in [0.25, 0.3) is 0 Å². The van der Waals surface area contributed by atoms with Crippen molar-refractivity contribution in [1.29, 1.82) is 0 Å². The van der Waals surface area contributed by atoms with Crippen LogP contribution < -0.4 is 5.32 Å². The van der Waals surface area contributed by atoms with Gasteiger partial charge in [-0.3, -0.25) is 14.7 Å². The Morgan fingerprint density at radius 3 is 2.82 bits per heavy atom. The number of carbonyl (C=O) groups excluding carboxylic acids is 2. The normalized spacial score (nSPS) is 17.5. The van der Waals surface area contributed by atoms with Crippen molar-refractivity contribution in [3.8, 4) is 0 Å². The first-order chi connectivity index (χ1) is 10.6. The Morgan fingerprint density at radius 2 is 2.14 bits per heavy atom. The van der Waals surface area contributed by atoms with E-state index in [4.69, 9.17) is 11.6 Å². The number of aromatic nitrogens is 2. The van der Waals surface area contributed by atoms with Crippen LogP contribution in [-0.2, 0) is 4.79 Å². The molecule has 0 aliphatic carbocycles. The lowest BCUT2D eigenvalue weighted by molar-refractivity contribution is -0.119. The summed E-state index contributed by atoms with van der Waals surface area (Å²) in [6.45, 7) is 0.